The SMILES string of the molecule is CCC(C)CC(C)Nc1cc(C)nc(NC)n1. The van der Waals surface area contributed by atoms with Gasteiger partial charge in [0.1, 0.15) is 5.82 Å². The molecule has 0 aromatic carbocycles. The van der Waals surface area contributed by atoms with Gasteiger partial charge in [-0.3, -0.25) is 0 Å². The van der Waals surface area contributed by atoms with Crippen molar-refractivity contribution in [2.24, 2.45) is 5.92 Å². The summed E-state index contributed by atoms with van der Waals surface area (Å²) in [4.78, 5) is 8.67. The standard InChI is InChI=1S/C13H24N4/c1-6-9(2)7-10(3)15-12-8-11(4)16-13(14-5)17-12/h8-10H,6-7H2,1-5H3,(H2,14,15,16,17). The predicted molar refractivity (Wildman–Crippen MR) is 73.5 cm³/mol. The van der Waals surface area contributed by atoms with Crippen molar-refractivity contribution in [1.29, 1.82) is 0 Å². The lowest BCUT2D eigenvalue weighted by Gasteiger charge is -2.18. The molecule has 96 valence electrons. The van der Waals surface area contributed by atoms with Gasteiger partial charge in [0, 0.05) is 24.8 Å². The van der Waals surface area contributed by atoms with Crippen LogP contribution < -0.4 is 10.6 Å². The lowest BCUT2D eigenvalue weighted by Crippen LogP contribution is -2.19. The molecule has 0 amide bonds. The molecular formula is C13H24N4. The molecule has 1 aromatic heterocycles. The fourth-order valence-electron chi connectivity index (χ4n) is 1.84. The first-order chi connectivity index (χ1) is 8.05. The van der Waals surface area contributed by atoms with E-state index in [0.29, 0.717) is 12.0 Å². The van der Waals surface area contributed by atoms with Crippen molar-refractivity contribution in [3.63, 3.8) is 0 Å². The molecule has 2 atom stereocenters. The highest BCUT2D eigenvalue weighted by Crippen LogP contribution is 2.15. The molecule has 0 aliphatic carbocycles. The highest BCUT2D eigenvalue weighted by Gasteiger charge is 2.08. The molecule has 2 N–H and O–H groups in total. The lowest BCUT2D eigenvalue weighted by atomic mass is 10.0. The first-order valence-corrected chi connectivity index (χ1v) is 6.35. The van der Waals surface area contributed by atoms with Crippen LogP contribution in [0.4, 0.5) is 11.8 Å². The Labute approximate surface area is 104 Å². The molecule has 2 unspecified atom stereocenters. The van der Waals surface area contributed by atoms with Gasteiger partial charge in [0.15, 0.2) is 0 Å². The van der Waals surface area contributed by atoms with Crippen LogP contribution in [0.2, 0.25) is 0 Å². The zero-order chi connectivity index (χ0) is 12.8. The summed E-state index contributed by atoms with van der Waals surface area (Å²) >= 11 is 0. The van der Waals surface area contributed by atoms with Crippen LogP contribution in [0.5, 0.6) is 0 Å². The maximum Gasteiger partial charge on any atom is 0.224 e. The Morgan fingerprint density at radius 2 is 2.00 bits per heavy atom. The van der Waals surface area contributed by atoms with Crippen LogP contribution in [0, 0.1) is 12.8 Å². The second-order valence-corrected chi connectivity index (χ2v) is 4.76. The summed E-state index contributed by atoms with van der Waals surface area (Å²) in [6.07, 6.45) is 2.38. The molecule has 0 aliphatic rings. The van der Waals surface area contributed by atoms with Gasteiger partial charge in [-0.2, -0.15) is 4.98 Å². The Balaban J connectivity index is 2.64. The van der Waals surface area contributed by atoms with Crippen LogP contribution in [0.25, 0.3) is 0 Å². The number of rotatable bonds is 6. The quantitative estimate of drug-likeness (QED) is 0.797. The van der Waals surface area contributed by atoms with Gasteiger partial charge in [-0.25, -0.2) is 4.98 Å². The minimum absolute atomic E-state index is 0.434. The van der Waals surface area contributed by atoms with Crippen LogP contribution in [-0.2, 0) is 0 Å². The van der Waals surface area contributed by atoms with Crippen molar-refractivity contribution >= 4 is 11.8 Å². The van der Waals surface area contributed by atoms with Crippen molar-refractivity contribution < 1.29 is 0 Å². The molecule has 17 heavy (non-hydrogen) atoms. The average molecular weight is 236 g/mol. The second-order valence-electron chi connectivity index (χ2n) is 4.76. The first kappa shape index (κ1) is 13.7. The molecule has 0 saturated heterocycles. The molecular weight excluding hydrogens is 212 g/mol. The van der Waals surface area contributed by atoms with E-state index in [0.717, 1.165) is 23.9 Å². The number of aromatic nitrogens is 2. The summed E-state index contributed by atoms with van der Waals surface area (Å²) in [5.74, 6) is 2.31. The maximum atomic E-state index is 4.39. The van der Waals surface area contributed by atoms with Gasteiger partial charge in [0.05, 0.1) is 0 Å². The lowest BCUT2D eigenvalue weighted by molar-refractivity contribution is 0.483. The fraction of sp³-hybridized carbons (Fsp3) is 0.692. The zero-order valence-electron chi connectivity index (χ0n) is 11.5. The van der Waals surface area contributed by atoms with Gasteiger partial charge in [0.25, 0.3) is 0 Å². The summed E-state index contributed by atoms with van der Waals surface area (Å²) in [5.41, 5.74) is 0.975. The molecule has 0 bridgehead atoms. The van der Waals surface area contributed by atoms with Crippen molar-refractivity contribution in [2.45, 2.75) is 46.6 Å². The van der Waals surface area contributed by atoms with E-state index in [1.807, 2.05) is 20.0 Å². The summed E-state index contributed by atoms with van der Waals surface area (Å²) < 4.78 is 0. The highest BCUT2D eigenvalue weighted by molar-refractivity contribution is 5.42. The van der Waals surface area contributed by atoms with Gasteiger partial charge in [-0.05, 0) is 26.2 Å². The van der Waals surface area contributed by atoms with E-state index in [2.05, 4.69) is 41.4 Å². The molecule has 0 aliphatic heterocycles. The van der Waals surface area contributed by atoms with Gasteiger partial charge in [-0.15, -0.1) is 0 Å². The van der Waals surface area contributed by atoms with E-state index < -0.39 is 0 Å². The van der Waals surface area contributed by atoms with E-state index >= 15 is 0 Å². The van der Waals surface area contributed by atoms with Crippen molar-refractivity contribution in [3.05, 3.63) is 11.8 Å². The normalized spacial score (nSPS) is 14.2. The van der Waals surface area contributed by atoms with Gasteiger partial charge >= 0.3 is 0 Å². The van der Waals surface area contributed by atoms with Crippen LogP contribution in [0.15, 0.2) is 6.07 Å². The molecule has 1 aromatic rings. The Kier molecular flexibility index (Phi) is 5.19. The zero-order valence-corrected chi connectivity index (χ0v) is 11.5. The van der Waals surface area contributed by atoms with Crippen LogP contribution in [-0.4, -0.2) is 23.1 Å². The van der Waals surface area contributed by atoms with Gasteiger partial charge in [0.2, 0.25) is 5.95 Å². The van der Waals surface area contributed by atoms with E-state index in [4.69, 9.17) is 0 Å². The van der Waals surface area contributed by atoms with E-state index in [9.17, 15) is 0 Å². The topological polar surface area (TPSA) is 49.8 Å². The molecule has 0 radical (unpaired) electrons. The Morgan fingerprint density at radius 3 is 2.59 bits per heavy atom. The highest BCUT2D eigenvalue weighted by atomic mass is 15.1. The van der Waals surface area contributed by atoms with Crippen LogP contribution in [0.1, 0.15) is 39.3 Å². The minimum atomic E-state index is 0.434. The van der Waals surface area contributed by atoms with Gasteiger partial charge in [-0.1, -0.05) is 20.3 Å². The predicted octanol–water partition coefficient (Wildman–Crippen LogP) is 3.06. The molecule has 1 rings (SSSR count). The van der Waals surface area contributed by atoms with E-state index in [1.54, 1.807) is 0 Å². The number of nitrogens with one attached hydrogen (secondary N) is 2. The second kappa shape index (κ2) is 6.42. The number of anilines is 2. The number of nitrogens with zero attached hydrogens (tertiary/aromatic N) is 2. The molecule has 1 heterocycles. The van der Waals surface area contributed by atoms with E-state index in [1.165, 1.54) is 6.42 Å². The van der Waals surface area contributed by atoms with Crippen molar-refractivity contribution in [3.8, 4) is 0 Å². The first-order valence-electron chi connectivity index (χ1n) is 6.35. The number of hydrogen-bond donors (Lipinski definition) is 2. The summed E-state index contributed by atoms with van der Waals surface area (Å²) in [6, 6.07) is 2.41. The average Bonchev–Trinajstić information content (AvgIpc) is 2.27. The third-order valence-electron chi connectivity index (χ3n) is 2.92. The monoisotopic (exact) mass is 236 g/mol. The molecule has 0 fully saturated rings. The molecule has 0 saturated carbocycles. The Hall–Kier alpha value is -1.32. The number of hydrogen-bond acceptors (Lipinski definition) is 4. The third kappa shape index (κ3) is 4.59. The number of aryl methyl sites for hydroxylation is 1. The van der Waals surface area contributed by atoms with Gasteiger partial charge < -0.3 is 10.6 Å². The maximum absolute atomic E-state index is 4.39. The van der Waals surface area contributed by atoms with Crippen molar-refractivity contribution in [1.82, 2.24) is 9.97 Å². The minimum Gasteiger partial charge on any atom is -0.367 e. The smallest absolute Gasteiger partial charge is 0.224 e. The summed E-state index contributed by atoms with van der Waals surface area (Å²) in [5, 5.41) is 6.40. The third-order valence-corrected chi connectivity index (χ3v) is 2.92. The summed E-state index contributed by atoms with van der Waals surface area (Å²) in [7, 11) is 1.83. The molecule has 4 heteroatoms. The van der Waals surface area contributed by atoms with Crippen LogP contribution >= 0.6 is 0 Å². The van der Waals surface area contributed by atoms with Crippen LogP contribution in [0.3, 0.4) is 0 Å². The Bertz CT molecular complexity index is 351. The Morgan fingerprint density at radius 1 is 1.29 bits per heavy atom. The molecule has 0 spiro atoms. The summed E-state index contributed by atoms with van der Waals surface area (Å²) in [6.45, 7) is 8.68. The van der Waals surface area contributed by atoms with E-state index in [-0.39, 0.29) is 0 Å². The molecule has 4 nitrogen and oxygen atoms in total. The van der Waals surface area contributed by atoms with Crippen molar-refractivity contribution in [2.75, 3.05) is 17.7 Å². The fourth-order valence-corrected chi connectivity index (χ4v) is 1.84. The largest absolute Gasteiger partial charge is 0.367 e.